The van der Waals surface area contributed by atoms with E-state index in [-0.39, 0.29) is 50.1 Å². The maximum atomic E-state index is 15.3. The molecule has 0 aromatic heterocycles. The quantitative estimate of drug-likeness (QED) is 0.0568. The van der Waals surface area contributed by atoms with Crippen molar-refractivity contribution in [2.75, 3.05) is 125 Å². The monoisotopic (exact) mass is 1050 g/mol. The smallest absolute Gasteiger partial charge is 0.341 e. The predicted molar refractivity (Wildman–Crippen MR) is 259 cm³/mol. The van der Waals surface area contributed by atoms with Crippen LogP contribution in [0, 0.1) is 0 Å². The summed E-state index contributed by atoms with van der Waals surface area (Å²) < 4.78 is 84.3. The maximum absolute atomic E-state index is 15.3. The number of fused-ring (bicyclic) bond motifs is 2. The molecular weight excluding hydrogens is 978 g/mol. The first kappa shape index (κ1) is 58.8. The van der Waals surface area contributed by atoms with Crippen LogP contribution in [0.2, 0.25) is 0 Å². The van der Waals surface area contributed by atoms with E-state index < -0.39 is 24.5 Å². The molecule has 398 valence electrons. The molecule has 6 rings (SSSR count). The lowest BCUT2D eigenvalue weighted by Crippen LogP contribution is -3.00. The van der Waals surface area contributed by atoms with Crippen LogP contribution < -0.4 is 72.2 Å². The number of ether oxygens (including phenoxy) is 12. The number of carbonyl (C=O) groups excluding carboxylic acids is 2. The van der Waals surface area contributed by atoms with E-state index in [1.54, 1.807) is 71.1 Å². The summed E-state index contributed by atoms with van der Waals surface area (Å²) in [5.41, 5.74) is 6.32. The summed E-state index contributed by atoms with van der Waals surface area (Å²) in [7, 11) is 20.3. The topological polar surface area (TPSA) is 145 Å². The van der Waals surface area contributed by atoms with Crippen molar-refractivity contribution in [3.05, 3.63) is 81.9 Å². The van der Waals surface area contributed by atoms with Crippen LogP contribution in [0.1, 0.15) is 64.7 Å². The van der Waals surface area contributed by atoms with Crippen molar-refractivity contribution in [2.24, 2.45) is 0 Å². The highest BCUT2D eigenvalue weighted by Gasteiger charge is 2.43. The van der Waals surface area contributed by atoms with Crippen molar-refractivity contribution in [3.8, 4) is 57.5 Å². The van der Waals surface area contributed by atoms with Gasteiger partial charge in [0.05, 0.1) is 131 Å². The zero-order valence-electron chi connectivity index (χ0n) is 43.6. The van der Waals surface area contributed by atoms with E-state index >= 15 is 4.39 Å². The Morgan fingerprint density at radius 2 is 0.958 bits per heavy atom. The van der Waals surface area contributed by atoms with E-state index in [1.807, 2.05) is 48.5 Å². The summed E-state index contributed by atoms with van der Waals surface area (Å²) in [4.78, 5) is 25.9. The Hall–Kier alpha value is -5.75. The Labute approximate surface area is 435 Å². The van der Waals surface area contributed by atoms with Gasteiger partial charge < -0.3 is 90.6 Å². The highest BCUT2D eigenvalue weighted by molar-refractivity contribution is 5.81. The second-order valence-corrected chi connectivity index (χ2v) is 18.0. The van der Waals surface area contributed by atoms with Crippen LogP contribution in [-0.2, 0) is 38.3 Å². The number of halogens is 3. The molecule has 0 bridgehead atoms. The summed E-state index contributed by atoms with van der Waals surface area (Å²) in [6.07, 6.45) is 0.134. The van der Waals surface area contributed by atoms with Gasteiger partial charge in [0, 0.05) is 48.8 Å². The Balaban J connectivity index is 0.00000562. The molecule has 0 amide bonds. The van der Waals surface area contributed by atoms with Crippen LogP contribution in [0.3, 0.4) is 0 Å². The van der Waals surface area contributed by atoms with Crippen LogP contribution in [0.5, 0.6) is 57.5 Å². The number of benzene rings is 4. The Bertz CT molecular complexity index is 2430. The third kappa shape index (κ3) is 12.7. The summed E-state index contributed by atoms with van der Waals surface area (Å²) in [6.45, 7) is 2.75. The molecule has 2 aliphatic heterocycles. The Morgan fingerprint density at radius 3 is 1.44 bits per heavy atom. The van der Waals surface area contributed by atoms with Crippen molar-refractivity contribution in [1.29, 1.82) is 0 Å². The Morgan fingerprint density at radius 1 is 0.542 bits per heavy atom. The lowest BCUT2D eigenvalue weighted by molar-refractivity contribution is -0.941. The van der Waals surface area contributed by atoms with E-state index in [1.165, 1.54) is 0 Å². The van der Waals surface area contributed by atoms with Crippen molar-refractivity contribution in [2.45, 2.75) is 56.8 Å². The molecule has 0 saturated carbocycles. The van der Waals surface area contributed by atoms with Gasteiger partial charge in [-0.15, -0.1) is 0 Å². The number of carbonyl (C=O) groups is 2. The van der Waals surface area contributed by atoms with Gasteiger partial charge in [0.2, 0.25) is 17.7 Å². The first-order valence-electron chi connectivity index (χ1n) is 23.4. The molecular formula is C53H71Cl2FN2O14. The van der Waals surface area contributed by atoms with E-state index in [0.717, 1.165) is 59.3 Å². The van der Waals surface area contributed by atoms with Gasteiger partial charge in [-0.2, -0.15) is 0 Å². The van der Waals surface area contributed by atoms with Crippen molar-refractivity contribution >= 4 is 11.9 Å². The van der Waals surface area contributed by atoms with Gasteiger partial charge in [-0.1, -0.05) is 0 Å². The molecule has 0 radical (unpaired) electrons. The largest absolute Gasteiger partial charge is 1.00 e. The normalized spacial score (nSPS) is 19.1. The van der Waals surface area contributed by atoms with Crippen LogP contribution in [0.4, 0.5) is 4.39 Å². The molecule has 2 aliphatic rings. The average molecular weight is 1050 g/mol. The number of nitrogens with zero attached hydrogens (tertiary/aromatic N) is 2. The molecule has 0 aliphatic carbocycles. The number of likely N-dealkylation sites (N-methyl/N-ethyl adjacent to an activating group) is 2. The van der Waals surface area contributed by atoms with Gasteiger partial charge >= 0.3 is 11.9 Å². The average Bonchev–Trinajstić information content (AvgIpc) is 3.37. The van der Waals surface area contributed by atoms with Crippen LogP contribution in [-0.4, -0.2) is 152 Å². The number of hydrogen-bond donors (Lipinski definition) is 0. The molecule has 4 aromatic carbocycles. The molecule has 0 N–H and O–H groups in total. The molecule has 0 unspecified atom stereocenters. The van der Waals surface area contributed by atoms with Gasteiger partial charge in [-0.05, 0) is 65.2 Å². The molecule has 5 atom stereocenters. The van der Waals surface area contributed by atoms with Gasteiger partial charge in [-0.25, -0.2) is 9.18 Å². The molecule has 0 saturated heterocycles. The molecule has 16 nitrogen and oxygen atoms in total. The number of methoxy groups -OCH3 is 10. The summed E-state index contributed by atoms with van der Waals surface area (Å²) in [5, 5.41) is 0. The number of hydrogen-bond acceptors (Lipinski definition) is 14. The second-order valence-electron chi connectivity index (χ2n) is 18.0. The fourth-order valence-corrected chi connectivity index (χ4v) is 10.3. The van der Waals surface area contributed by atoms with Gasteiger partial charge in [0.15, 0.2) is 46.0 Å². The highest BCUT2D eigenvalue weighted by atomic mass is 35.5. The zero-order valence-corrected chi connectivity index (χ0v) is 45.1. The SMILES string of the molecule is COc1cc2c(cc1OC)[C@H](c1cc(OC)c(OC)c(OC)c1)[N@@+](C)(CCCOC(=O)C[C@H](F)C(=O)OCCC[N@+]1(C)CCc3cc(OC)c(OC)cc3[C@H]1Cc1cc(OC)c(OC)c(OC)c1)CC2.[Cl-].[Cl-]. The standard InChI is InChI=1S/C53H71FN2O14.2ClH/c1-55(19-15-34-26-41(59-3)43(61-5)30-37(34)40(55)23-33-24-45(63-7)51(67-11)46(25-33)64-8)17-13-22-70-53(58)39(54)32-49(57)69-21-14-18-56(2)20-16-35-27-42(60-4)44(62-6)31-38(35)50(56)36-28-47(65-9)52(68-12)48(29-36)66-10;;/h24-31,39-40,50H,13-23,32H2,1-12H3;2*1H/q+2;;/p-2/t39-,40+,50-,55+,56-;;/m0../s1. The minimum atomic E-state index is -2.17. The lowest BCUT2D eigenvalue weighted by atomic mass is 9.85. The van der Waals surface area contributed by atoms with E-state index in [2.05, 4.69) is 14.1 Å². The molecule has 2 heterocycles. The number of quaternary nitrogens is 2. The first-order chi connectivity index (χ1) is 33.7. The molecule has 72 heavy (non-hydrogen) atoms. The fourth-order valence-electron chi connectivity index (χ4n) is 10.3. The molecule has 0 fully saturated rings. The summed E-state index contributed by atoms with van der Waals surface area (Å²) in [6, 6.07) is 15.6. The molecule has 0 spiro atoms. The third-order valence-electron chi connectivity index (χ3n) is 14.0. The highest BCUT2D eigenvalue weighted by Crippen LogP contribution is 2.49. The predicted octanol–water partition coefficient (Wildman–Crippen LogP) is 1.45. The lowest BCUT2D eigenvalue weighted by Gasteiger charge is -2.46. The fraction of sp³-hybridized carbons (Fsp3) is 0.509. The van der Waals surface area contributed by atoms with Gasteiger partial charge in [0.25, 0.3) is 0 Å². The van der Waals surface area contributed by atoms with E-state index in [4.69, 9.17) is 56.8 Å². The van der Waals surface area contributed by atoms with E-state index in [0.29, 0.717) is 98.8 Å². The summed E-state index contributed by atoms with van der Waals surface area (Å²) in [5.74, 6) is 3.75. The Kier molecular flexibility index (Phi) is 21.5. The third-order valence-corrected chi connectivity index (χ3v) is 14.0. The van der Waals surface area contributed by atoms with E-state index in [9.17, 15) is 9.59 Å². The summed E-state index contributed by atoms with van der Waals surface area (Å²) >= 11 is 0. The number of alkyl halides is 1. The van der Waals surface area contributed by atoms with Crippen molar-refractivity contribution < 1.29 is 105 Å². The van der Waals surface area contributed by atoms with Crippen LogP contribution in [0.25, 0.3) is 0 Å². The maximum Gasteiger partial charge on any atom is 0.341 e. The zero-order chi connectivity index (χ0) is 50.8. The van der Waals surface area contributed by atoms with Crippen molar-refractivity contribution in [3.63, 3.8) is 0 Å². The molecule has 4 aromatic rings. The number of rotatable bonds is 24. The first-order valence-corrected chi connectivity index (χ1v) is 23.4. The molecule has 19 heteroatoms. The minimum Gasteiger partial charge on any atom is -1.00 e. The van der Waals surface area contributed by atoms with Crippen molar-refractivity contribution in [1.82, 2.24) is 0 Å². The van der Waals surface area contributed by atoms with Crippen LogP contribution >= 0.6 is 0 Å². The van der Waals surface area contributed by atoms with Gasteiger partial charge in [-0.3, -0.25) is 4.79 Å². The van der Waals surface area contributed by atoms with Crippen LogP contribution in [0.15, 0.2) is 48.5 Å². The van der Waals surface area contributed by atoms with Gasteiger partial charge in [0.1, 0.15) is 12.1 Å². The minimum absolute atomic E-state index is 0. The number of esters is 2. The second kappa shape index (κ2) is 26.3.